The van der Waals surface area contributed by atoms with Crippen molar-refractivity contribution in [1.82, 2.24) is 9.80 Å². The molecule has 3 heterocycles. The van der Waals surface area contributed by atoms with Gasteiger partial charge in [-0.25, -0.2) is 0 Å². The van der Waals surface area contributed by atoms with E-state index in [9.17, 15) is 9.59 Å². The van der Waals surface area contributed by atoms with Gasteiger partial charge in [0.25, 0.3) is 5.91 Å². The van der Waals surface area contributed by atoms with Crippen LogP contribution in [0.5, 0.6) is 0 Å². The van der Waals surface area contributed by atoms with Gasteiger partial charge in [-0.05, 0) is 31.7 Å². The lowest BCUT2D eigenvalue weighted by atomic mass is 9.73. The van der Waals surface area contributed by atoms with Crippen molar-refractivity contribution in [2.45, 2.75) is 38.2 Å². The predicted molar refractivity (Wildman–Crippen MR) is 94.0 cm³/mol. The van der Waals surface area contributed by atoms with E-state index in [4.69, 9.17) is 4.74 Å². The van der Waals surface area contributed by atoms with E-state index in [0.717, 1.165) is 37.9 Å². The Morgan fingerprint density at radius 1 is 1.32 bits per heavy atom. The molecule has 5 nitrogen and oxygen atoms in total. The number of ether oxygens (including phenoxy) is 1. The Kier molecular flexibility index (Phi) is 4.28. The van der Waals surface area contributed by atoms with Gasteiger partial charge in [0, 0.05) is 38.7 Å². The Hall–Kier alpha value is -1.88. The van der Waals surface area contributed by atoms with Crippen molar-refractivity contribution in [3.8, 4) is 0 Å². The van der Waals surface area contributed by atoms with E-state index >= 15 is 0 Å². The van der Waals surface area contributed by atoms with Gasteiger partial charge in [-0.15, -0.1) is 0 Å². The lowest BCUT2D eigenvalue weighted by Crippen LogP contribution is -2.42. The van der Waals surface area contributed by atoms with Crippen molar-refractivity contribution in [3.05, 3.63) is 35.9 Å². The van der Waals surface area contributed by atoms with Crippen LogP contribution in [0.2, 0.25) is 0 Å². The van der Waals surface area contributed by atoms with Gasteiger partial charge in [0.2, 0.25) is 5.91 Å². The van der Waals surface area contributed by atoms with Crippen LogP contribution in [0.3, 0.4) is 0 Å². The van der Waals surface area contributed by atoms with E-state index in [0.29, 0.717) is 19.7 Å². The summed E-state index contributed by atoms with van der Waals surface area (Å²) >= 11 is 0. The number of amides is 2. The van der Waals surface area contributed by atoms with Crippen LogP contribution >= 0.6 is 0 Å². The van der Waals surface area contributed by atoms with Gasteiger partial charge in [-0.1, -0.05) is 30.3 Å². The Morgan fingerprint density at radius 2 is 2.12 bits per heavy atom. The highest BCUT2D eigenvalue weighted by Crippen LogP contribution is 2.50. The van der Waals surface area contributed by atoms with Gasteiger partial charge in [-0.2, -0.15) is 0 Å². The summed E-state index contributed by atoms with van der Waals surface area (Å²) in [5.41, 5.74) is 0.697. The molecule has 3 atom stereocenters. The van der Waals surface area contributed by atoms with Gasteiger partial charge in [0.05, 0.1) is 5.41 Å². The van der Waals surface area contributed by atoms with Crippen molar-refractivity contribution in [2.75, 3.05) is 32.8 Å². The Morgan fingerprint density at radius 3 is 2.76 bits per heavy atom. The molecule has 25 heavy (non-hydrogen) atoms. The molecular weight excluding hydrogens is 316 g/mol. The number of nitrogens with zero attached hydrogens (tertiary/aromatic N) is 2. The largest absolute Gasteiger partial charge is 0.368 e. The summed E-state index contributed by atoms with van der Waals surface area (Å²) in [5.74, 6) is 0.354. The minimum absolute atomic E-state index is 0.0676. The molecule has 0 radical (unpaired) electrons. The first kappa shape index (κ1) is 16.6. The fourth-order valence-electron chi connectivity index (χ4n) is 4.79. The SMILES string of the molecule is CCN1CC[C@]2(CN(C(=O)[C@H]3CCCO3)C[C@H]2c2ccccc2)C1=O. The van der Waals surface area contributed by atoms with Crippen LogP contribution in [0.4, 0.5) is 0 Å². The molecule has 3 aliphatic rings. The van der Waals surface area contributed by atoms with Gasteiger partial charge >= 0.3 is 0 Å². The fraction of sp³-hybridized carbons (Fsp3) is 0.600. The zero-order valence-electron chi connectivity index (χ0n) is 14.8. The number of rotatable bonds is 3. The molecule has 0 aliphatic carbocycles. The van der Waals surface area contributed by atoms with E-state index in [-0.39, 0.29) is 23.8 Å². The molecule has 0 N–H and O–H groups in total. The second-order valence-corrected chi connectivity index (χ2v) is 7.47. The summed E-state index contributed by atoms with van der Waals surface area (Å²) in [6, 6.07) is 10.2. The first-order chi connectivity index (χ1) is 12.2. The molecule has 1 aromatic rings. The standard InChI is InChI=1S/C20H26N2O3/c1-2-21-11-10-20(19(21)24)14-22(18(23)17-9-6-12-25-17)13-16(20)15-7-4-3-5-8-15/h3-5,7-8,16-17H,2,6,9-14H2,1H3/t16-,17+,20+/m0/s1. The summed E-state index contributed by atoms with van der Waals surface area (Å²) < 4.78 is 5.60. The van der Waals surface area contributed by atoms with E-state index in [1.807, 2.05) is 34.9 Å². The predicted octanol–water partition coefficient (Wildman–Crippen LogP) is 2.03. The summed E-state index contributed by atoms with van der Waals surface area (Å²) in [4.78, 5) is 29.9. The maximum Gasteiger partial charge on any atom is 0.251 e. The highest BCUT2D eigenvalue weighted by molar-refractivity contribution is 5.89. The van der Waals surface area contributed by atoms with E-state index in [1.165, 1.54) is 0 Å². The molecule has 134 valence electrons. The molecule has 1 spiro atoms. The van der Waals surface area contributed by atoms with Gasteiger partial charge in [-0.3, -0.25) is 9.59 Å². The van der Waals surface area contributed by atoms with Crippen LogP contribution in [-0.2, 0) is 14.3 Å². The first-order valence-electron chi connectivity index (χ1n) is 9.40. The number of hydrogen-bond acceptors (Lipinski definition) is 3. The number of carbonyl (C=O) groups is 2. The van der Waals surface area contributed by atoms with Crippen LogP contribution in [0, 0.1) is 5.41 Å². The van der Waals surface area contributed by atoms with E-state index in [2.05, 4.69) is 12.1 Å². The topological polar surface area (TPSA) is 49.9 Å². The van der Waals surface area contributed by atoms with Crippen LogP contribution in [0.1, 0.15) is 37.7 Å². The third-order valence-corrected chi connectivity index (χ3v) is 6.18. The smallest absolute Gasteiger partial charge is 0.251 e. The van der Waals surface area contributed by atoms with Crippen LogP contribution < -0.4 is 0 Å². The summed E-state index contributed by atoms with van der Waals surface area (Å²) in [6.07, 6.45) is 2.26. The first-order valence-corrected chi connectivity index (χ1v) is 9.40. The highest BCUT2D eigenvalue weighted by atomic mass is 16.5. The van der Waals surface area contributed by atoms with Crippen molar-refractivity contribution in [3.63, 3.8) is 0 Å². The highest BCUT2D eigenvalue weighted by Gasteiger charge is 2.58. The monoisotopic (exact) mass is 342 g/mol. The van der Waals surface area contributed by atoms with Crippen LogP contribution in [-0.4, -0.2) is 60.5 Å². The minimum atomic E-state index is -0.467. The molecule has 0 saturated carbocycles. The fourth-order valence-corrected chi connectivity index (χ4v) is 4.79. The quantitative estimate of drug-likeness (QED) is 0.844. The van der Waals surface area contributed by atoms with Crippen molar-refractivity contribution in [1.29, 1.82) is 0 Å². The number of carbonyl (C=O) groups excluding carboxylic acids is 2. The minimum Gasteiger partial charge on any atom is -0.368 e. The third-order valence-electron chi connectivity index (χ3n) is 6.18. The molecule has 3 aliphatic heterocycles. The molecular formula is C20H26N2O3. The number of hydrogen-bond donors (Lipinski definition) is 0. The maximum atomic E-state index is 13.2. The summed E-state index contributed by atoms with van der Waals surface area (Å²) in [5, 5.41) is 0. The number of likely N-dealkylation sites (tertiary alicyclic amines) is 2. The normalized spacial score (nSPS) is 32.1. The molecule has 3 fully saturated rings. The second-order valence-electron chi connectivity index (χ2n) is 7.47. The summed E-state index contributed by atoms with van der Waals surface area (Å²) in [6.45, 7) is 5.37. The Bertz CT molecular complexity index is 656. The van der Waals surface area contributed by atoms with Gasteiger partial charge in [0.1, 0.15) is 6.10 Å². The molecule has 4 rings (SSSR count). The van der Waals surface area contributed by atoms with Crippen molar-refractivity contribution < 1.29 is 14.3 Å². The molecule has 0 unspecified atom stereocenters. The zero-order chi connectivity index (χ0) is 17.4. The lowest BCUT2D eigenvalue weighted by molar-refractivity contribution is -0.141. The third kappa shape index (κ3) is 2.65. The average Bonchev–Trinajstić information content (AvgIpc) is 3.37. The average molecular weight is 342 g/mol. The molecule has 1 aromatic carbocycles. The molecule has 2 amide bonds. The Balaban J connectivity index is 1.65. The lowest BCUT2D eigenvalue weighted by Gasteiger charge is -2.28. The molecule has 0 aromatic heterocycles. The molecule has 5 heteroatoms. The molecule has 0 bridgehead atoms. The van der Waals surface area contributed by atoms with Gasteiger partial charge in [0.15, 0.2) is 0 Å². The van der Waals surface area contributed by atoms with Crippen molar-refractivity contribution >= 4 is 11.8 Å². The second kappa shape index (κ2) is 6.45. The van der Waals surface area contributed by atoms with E-state index < -0.39 is 5.41 Å². The van der Waals surface area contributed by atoms with Crippen LogP contribution in [0.15, 0.2) is 30.3 Å². The zero-order valence-corrected chi connectivity index (χ0v) is 14.8. The number of benzene rings is 1. The van der Waals surface area contributed by atoms with E-state index in [1.54, 1.807) is 0 Å². The Labute approximate surface area is 148 Å². The van der Waals surface area contributed by atoms with Crippen LogP contribution in [0.25, 0.3) is 0 Å². The molecule has 3 saturated heterocycles. The maximum absolute atomic E-state index is 13.2. The van der Waals surface area contributed by atoms with Crippen molar-refractivity contribution in [2.24, 2.45) is 5.41 Å². The van der Waals surface area contributed by atoms with Gasteiger partial charge < -0.3 is 14.5 Å². The summed E-state index contributed by atoms with van der Waals surface area (Å²) in [7, 11) is 0.